The van der Waals surface area contributed by atoms with Crippen molar-refractivity contribution in [3.63, 3.8) is 0 Å². The molecule has 1 saturated heterocycles. The Bertz CT molecular complexity index is 615. The number of nitrogens with zero attached hydrogens (tertiary/aromatic N) is 1. The van der Waals surface area contributed by atoms with Gasteiger partial charge in [-0.3, -0.25) is 14.5 Å². The van der Waals surface area contributed by atoms with E-state index in [4.69, 9.17) is 4.74 Å². The van der Waals surface area contributed by atoms with Gasteiger partial charge in [0.25, 0.3) is 0 Å². The molecule has 1 atom stereocenters. The molecule has 2 rings (SSSR count). The Hall–Kier alpha value is -1.88. The molecule has 0 spiro atoms. The predicted molar refractivity (Wildman–Crippen MR) is 95.2 cm³/mol. The fourth-order valence-electron chi connectivity index (χ4n) is 3.23. The monoisotopic (exact) mass is 332 g/mol. The standard InChI is InChI=1S/C19H28N2O3/c1-5-24-12-6-11-20-18(23)19(4)10-9-17(22)21(19)16-8-7-14(2)13-15(16)3/h7-8,13H,5-6,9-12H2,1-4H3,(H,20,23). The summed E-state index contributed by atoms with van der Waals surface area (Å²) in [4.78, 5) is 26.9. The Labute approximate surface area is 144 Å². The number of hydrogen-bond donors (Lipinski definition) is 1. The van der Waals surface area contributed by atoms with Gasteiger partial charge in [0.05, 0.1) is 0 Å². The van der Waals surface area contributed by atoms with Crippen LogP contribution in [0.2, 0.25) is 0 Å². The Kier molecular flexibility index (Phi) is 5.99. The van der Waals surface area contributed by atoms with Crippen LogP contribution >= 0.6 is 0 Å². The van der Waals surface area contributed by atoms with Gasteiger partial charge >= 0.3 is 0 Å². The van der Waals surface area contributed by atoms with E-state index in [0.717, 1.165) is 23.2 Å². The topological polar surface area (TPSA) is 58.6 Å². The zero-order chi connectivity index (χ0) is 17.7. The zero-order valence-electron chi connectivity index (χ0n) is 15.1. The highest BCUT2D eigenvalue weighted by Crippen LogP contribution is 2.37. The molecule has 0 aliphatic carbocycles. The lowest BCUT2D eigenvalue weighted by molar-refractivity contribution is -0.127. The smallest absolute Gasteiger partial charge is 0.246 e. The van der Waals surface area contributed by atoms with Gasteiger partial charge in [-0.1, -0.05) is 17.7 Å². The third-order valence-electron chi connectivity index (χ3n) is 4.61. The average molecular weight is 332 g/mol. The largest absolute Gasteiger partial charge is 0.382 e. The SMILES string of the molecule is CCOCCCNC(=O)C1(C)CCC(=O)N1c1ccc(C)cc1C. The van der Waals surface area contributed by atoms with Crippen molar-refractivity contribution in [3.05, 3.63) is 29.3 Å². The van der Waals surface area contributed by atoms with Gasteiger partial charge in [-0.05, 0) is 52.2 Å². The molecular weight excluding hydrogens is 304 g/mol. The summed E-state index contributed by atoms with van der Waals surface area (Å²) in [6.45, 7) is 9.68. The molecule has 1 aliphatic rings. The van der Waals surface area contributed by atoms with E-state index in [0.29, 0.717) is 32.6 Å². The lowest BCUT2D eigenvalue weighted by atomic mass is 9.96. The van der Waals surface area contributed by atoms with Crippen molar-refractivity contribution in [1.82, 2.24) is 5.32 Å². The number of anilines is 1. The normalized spacial score (nSPS) is 20.5. The first-order valence-electron chi connectivity index (χ1n) is 8.66. The summed E-state index contributed by atoms with van der Waals surface area (Å²) < 4.78 is 5.28. The van der Waals surface area contributed by atoms with Crippen molar-refractivity contribution in [2.75, 3.05) is 24.7 Å². The van der Waals surface area contributed by atoms with Gasteiger partial charge in [-0.2, -0.15) is 0 Å². The molecule has 0 saturated carbocycles. The second-order valence-electron chi connectivity index (χ2n) is 6.60. The fourth-order valence-corrected chi connectivity index (χ4v) is 3.23. The molecule has 1 aromatic carbocycles. The second kappa shape index (κ2) is 7.79. The highest BCUT2D eigenvalue weighted by molar-refractivity contribution is 6.06. The number of hydrogen-bond acceptors (Lipinski definition) is 3. The van der Waals surface area contributed by atoms with Crippen molar-refractivity contribution < 1.29 is 14.3 Å². The summed E-state index contributed by atoms with van der Waals surface area (Å²) in [5.41, 5.74) is 2.16. The van der Waals surface area contributed by atoms with Crippen molar-refractivity contribution in [1.29, 1.82) is 0 Å². The minimum atomic E-state index is -0.831. The lowest BCUT2D eigenvalue weighted by Crippen LogP contribution is -2.55. The van der Waals surface area contributed by atoms with Crippen LogP contribution in [0.5, 0.6) is 0 Å². The Morgan fingerprint density at radius 1 is 1.38 bits per heavy atom. The first-order chi connectivity index (χ1) is 11.4. The number of nitrogens with one attached hydrogen (secondary N) is 1. The minimum absolute atomic E-state index is 0.00826. The molecule has 1 N–H and O–H groups in total. The maximum atomic E-state index is 12.8. The van der Waals surface area contributed by atoms with Crippen LogP contribution in [-0.4, -0.2) is 37.1 Å². The minimum Gasteiger partial charge on any atom is -0.382 e. The fraction of sp³-hybridized carbons (Fsp3) is 0.579. The van der Waals surface area contributed by atoms with Gasteiger partial charge in [0, 0.05) is 31.9 Å². The van der Waals surface area contributed by atoms with E-state index >= 15 is 0 Å². The van der Waals surface area contributed by atoms with Crippen molar-refractivity contribution in [2.24, 2.45) is 0 Å². The van der Waals surface area contributed by atoms with E-state index < -0.39 is 5.54 Å². The maximum absolute atomic E-state index is 12.8. The van der Waals surface area contributed by atoms with Crippen LogP contribution in [0.4, 0.5) is 5.69 Å². The van der Waals surface area contributed by atoms with Crippen molar-refractivity contribution in [2.45, 2.75) is 52.5 Å². The van der Waals surface area contributed by atoms with E-state index in [9.17, 15) is 9.59 Å². The summed E-state index contributed by atoms with van der Waals surface area (Å²) in [5, 5.41) is 2.96. The third-order valence-corrected chi connectivity index (χ3v) is 4.61. The highest BCUT2D eigenvalue weighted by atomic mass is 16.5. The van der Waals surface area contributed by atoms with E-state index in [1.165, 1.54) is 0 Å². The third kappa shape index (κ3) is 3.78. The molecule has 1 unspecified atom stereocenters. The van der Waals surface area contributed by atoms with Gasteiger partial charge < -0.3 is 10.1 Å². The number of amides is 2. The Morgan fingerprint density at radius 2 is 2.12 bits per heavy atom. The lowest BCUT2D eigenvalue weighted by Gasteiger charge is -2.35. The molecule has 1 aliphatic heterocycles. The number of benzene rings is 1. The molecule has 5 nitrogen and oxygen atoms in total. The van der Waals surface area contributed by atoms with Crippen LogP contribution in [0.15, 0.2) is 18.2 Å². The second-order valence-corrected chi connectivity index (χ2v) is 6.60. The molecule has 0 aromatic heterocycles. The van der Waals surface area contributed by atoms with E-state index in [2.05, 4.69) is 5.32 Å². The molecule has 1 heterocycles. The molecule has 0 radical (unpaired) electrons. The Morgan fingerprint density at radius 3 is 2.79 bits per heavy atom. The van der Waals surface area contributed by atoms with Crippen LogP contribution in [-0.2, 0) is 14.3 Å². The number of ether oxygens (including phenoxy) is 1. The molecule has 0 bridgehead atoms. The van der Waals surface area contributed by atoms with Crippen LogP contribution < -0.4 is 10.2 Å². The quantitative estimate of drug-likeness (QED) is 0.781. The van der Waals surface area contributed by atoms with Gasteiger partial charge in [-0.25, -0.2) is 0 Å². The molecular formula is C19H28N2O3. The summed E-state index contributed by atoms with van der Waals surface area (Å²) in [5.74, 6) is -0.0845. The van der Waals surface area contributed by atoms with Gasteiger partial charge in [0.15, 0.2) is 0 Å². The van der Waals surface area contributed by atoms with E-state index in [-0.39, 0.29) is 11.8 Å². The number of aryl methyl sites for hydroxylation is 2. The summed E-state index contributed by atoms with van der Waals surface area (Å²) in [6.07, 6.45) is 1.71. The van der Waals surface area contributed by atoms with E-state index in [1.54, 1.807) is 4.90 Å². The molecule has 1 aromatic rings. The average Bonchev–Trinajstić information content (AvgIpc) is 2.84. The van der Waals surface area contributed by atoms with Gasteiger partial charge in [0.1, 0.15) is 5.54 Å². The molecule has 132 valence electrons. The molecule has 24 heavy (non-hydrogen) atoms. The summed E-state index contributed by atoms with van der Waals surface area (Å²) in [7, 11) is 0. The first kappa shape index (κ1) is 18.5. The van der Waals surface area contributed by atoms with E-state index in [1.807, 2.05) is 45.9 Å². The van der Waals surface area contributed by atoms with Crippen molar-refractivity contribution in [3.8, 4) is 0 Å². The Balaban J connectivity index is 2.14. The number of carbonyl (C=O) groups excluding carboxylic acids is 2. The van der Waals surface area contributed by atoms with Gasteiger partial charge in [0.2, 0.25) is 11.8 Å². The first-order valence-corrected chi connectivity index (χ1v) is 8.66. The van der Waals surface area contributed by atoms with Crippen LogP contribution in [0.1, 0.15) is 44.2 Å². The van der Waals surface area contributed by atoms with Crippen LogP contribution in [0.25, 0.3) is 0 Å². The van der Waals surface area contributed by atoms with Crippen LogP contribution in [0, 0.1) is 13.8 Å². The maximum Gasteiger partial charge on any atom is 0.246 e. The van der Waals surface area contributed by atoms with Crippen LogP contribution in [0.3, 0.4) is 0 Å². The number of carbonyl (C=O) groups is 2. The summed E-state index contributed by atoms with van der Waals surface area (Å²) in [6, 6.07) is 5.96. The van der Waals surface area contributed by atoms with Gasteiger partial charge in [-0.15, -0.1) is 0 Å². The number of rotatable bonds is 7. The van der Waals surface area contributed by atoms with Crippen molar-refractivity contribution >= 4 is 17.5 Å². The summed E-state index contributed by atoms with van der Waals surface area (Å²) >= 11 is 0. The predicted octanol–water partition coefficient (Wildman–Crippen LogP) is 2.73. The molecule has 5 heteroatoms. The molecule has 1 fully saturated rings. The molecule has 2 amide bonds. The highest BCUT2D eigenvalue weighted by Gasteiger charge is 2.48. The zero-order valence-corrected chi connectivity index (χ0v) is 15.1.